The molecule has 0 unspecified atom stereocenters. The van der Waals surface area contributed by atoms with Crippen molar-refractivity contribution in [1.82, 2.24) is 4.98 Å². The monoisotopic (exact) mass is 204 g/mol. The highest BCUT2D eigenvalue weighted by molar-refractivity contribution is 6.32. The maximum Gasteiger partial charge on any atom is 0.125 e. The third-order valence-electron chi connectivity index (χ3n) is 2.48. The van der Waals surface area contributed by atoms with E-state index in [1.54, 1.807) is 0 Å². The van der Waals surface area contributed by atoms with Crippen LogP contribution in [0.25, 0.3) is 10.9 Å². The Morgan fingerprint density at radius 1 is 1.29 bits per heavy atom. The maximum absolute atomic E-state index is 8.91. The molecule has 2 aromatic rings. The van der Waals surface area contributed by atoms with Gasteiger partial charge in [-0.15, -0.1) is 0 Å². The summed E-state index contributed by atoms with van der Waals surface area (Å²) in [5.41, 5.74) is 3.82. The number of aromatic amines is 1. The average molecular weight is 205 g/mol. The third kappa shape index (κ3) is 1.18. The zero-order valence-corrected chi connectivity index (χ0v) is 8.74. The van der Waals surface area contributed by atoms with E-state index >= 15 is 0 Å². The van der Waals surface area contributed by atoms with Gasteiger partial charge in [-0.1, -0.05) is 11.6 Å². The molecule has 1 N–H and O–H groups in total. The Balaban J connectivity index is 2.91. The summed E-state index contributed by atoms with van der Waals surface area (Å²) in [4.78, 5) is 2.99. The Morgan fingerprint density at radius 2 is 1.93 bits per heavy atom. The van der Waals surface area contributed by atoms with Crippen molar-refractivity contribution in [3.05, 3.63) is 34.0 Å². The summed E-state index contributed by atoms with van der Waals surface area (Å²) in [6, 6.07) is 6.10. The van der Waals surface area contributed by atoms with Gasteiger partial charge < -0.3 is 4.98 Å². The van der Waals surface area contributed by atoms with Crippen LogP contribution in [0.15, 0.2) is 12.1 Å². The van der Waals surface area contributed by atoms with Crippen molar-refractivity contribution in [2.24, 2.45) is 0 Å². The lowest BCUT2D eigenvalue weighted by atomic mass is 10.1. The first-order valence-corrected chi connectivity index (χ1v) is 4.70. The molecule has 1 aromatic heterocycles. The van der Waals surface area contributed by atoms with Crippen molar-refractivity contribution < 1.29 is 0 Å². The third-order valence-corrected chi connectivity index (χ3v) is 2.76. The number of hydrogen-bond acceptors (Lipinski definition) is 1. The number of H-pyrrole nitrogens is 1. The smallest absolute Gasteiger partial charge is 0.125 e. The van der Waals surface area contributed by atoms with Gasteiger partial charge in [-0.3, -0.25) is 0 Å². The van der Waals surface area contributed by atoms with Crippen LogP contribution in [-0.4, -0.2) is 4.98 Å². The number of halogens is 1. The summed E-state index contributed by atoms with van der Waals surface area (Å²) in [7, 11) is 0. The fraction of sp³-hybridized carbons (Fsp3) is 0.182. The Morgan fingerprint density at radius 3 is 2.57 bits per heavy atom. The number of rotatable bonds is 0. The Bertz CT molecular complexity index is 546. The molecule has 1 aromatic carbocycles. The number of aromatic nitrogens is 1. The molecule has 0 amide bonds. The van der Waals surface area contributed by atoms with Gasteiger partial charge in [-0.2, -0.15) is 5.26 Å². The zero-order valence-electron chi connectivity index (χ0n) is 7.98. The molecule has 0 saturated heterocycles. The maximum atomic E-state index is 8.91. The molecule has 0 saturated carbocycles. The van der Waals surface area contributed by atoms with Crippen LogP contribution in [0.3, 0.4) is 0 Å². The molecule has 1 heterocycles. The lowest BCUT2D eigenvalue weighted by Gasteiger charge is -1.98. The van der Waals surface area contributed by atoms with E-state index in [0.717, 1.165) is 10.9 Å². The van der Waals surface area contributed by atoms with Crippen molar-refractivity contribution >= 4 is 22.5 Å². The SMILES string of the molecule is Cc1cc2[nH]c(Cl)c(C#N)c2cc1C. The summed E-state index contributed by atoms with van der Waals surface area (Å²) in [6.07, 6.45) is 0. The number of fused-ring (bicyclic) bond motifs is 1. The summed E-state index contributed by atoms with van der Waals surface area (Å²) < 4.78 is 0. The number of nitrogens with zero attached hydrogens (tertiary/aromatic N) is 1. The minimum atomic E-state index is 0.424. The molecule has 0 aliphatic rings. The molecule has 2 nitrogen and oxygen atoms in total. The van der Waals surface area contributed by atoms with Crippen LogP contribution < -0.4 is 0 Å². The van der Waals surface area contributed by atoms with Gasteiger partial charge in [0.25, 0.3) is 0 Å². The van der Waals surface area contributed by atoms with Crippen molar-refractivity contribution in [3.8, 4) is 6.07 Å². The summed E-state index contributed by atoms with van der Waals surface area (Å²) in [5.74, 6) is 0. The number of hydrogen-bond donors (Lipinski definition) is 1. The molecule has 0 aliphatic carbocycles. The normalized spacial score (nSPS) is 10.4. The fourth-order valence-corrected chi connectivity index (χ4v) is 1.78. The molecule has 70 valence electrons. The number of aryl methyl sites for hydroxylation is 2. The van der Waals surface area contributed by atoms with Crippen LogP contribution in [0.5, 0.6) is 0 Å². The predicted molar refractivity (Wildman–Crippen MR) is 57.5 cm³/mol. The van der Waals surface area contributed by atoms with E-state index < -0.39 is 0 Å². The van der Waals surface area contributed by atoms with Gasteiger partial charge in [0.2, 0.25) is 0 Å². The first-order chi connectivity index (χ1) is 6.63. The Kier molecular flexibility index (Phi) is 1.98. The van der Waals surface area contributed by atoms with Crippen molar-refractivity contribution in [2.75, 3.05) is 0 Å². The van der Waals surface area contributed by atoms with Crippen LogP contribution in [0.4, 0.5) is 0 Å². The summed E-state index contributed by atoms with van der Waals surface area (Å²) in [5, 5.41) is 10.2. The topological polar surface area (TPSA) is 39.6 Å². The Hall–Kier alpha value is -1.46. The molecule has 14 heavy (non-hydrogen) atoms. The molecule has 0 radical (unpaired) electrons. The van der Waals surface area contributed by atoms with Gasteiger partial charge in [-0.25, -0.2) is 0 Å². The average Bonchev–Trinajstić information content (AvgIpc) is 2.42. The molecular weight excluding hydrogens is 196 g/mol. The standard InChI is InChI=1S/C11H9ClN2/c1-6-3-8-9(5-13)11(12)14-10(8)4-7(6)2/h3-4,14H,1-2H3. The van der Waals surface area contributed by atoms with Crippen LogP contribution in [0.2, 0.25) is 5.15 Å². The van der Waals surface area contributed by atoms with E-state index in [4.69, 9.17) is 16.9 Å². The quantitative estimate of drug-likeness (QED) is 0.703. The van der Waals surface area contributed by atoms with E-state index in [-0.39, 0.29) is 0 Å². The van der Waals surface area contributed by atoms with E-state index in [0.29, 0.717) is 10.7 Å². The van der Waals surface area contributed by atoms with Crippen LogP contribution in [0, 0.1) is 25.2 Å². The summed E-state index contributed by atoms with van der Waals surface area (Å²) in [6.45, 7) is 4.06. The van der Waals surface area contributed by atoms with Crippen molar-refractivity contribution in [2.45, 2.75) is 13.8 Å². The lowest BCUT2D eigenvalue weighted by molar-refractivity contribution is 1.35. The Labute approximate surface area is 87.1 Å². The fourth-order valence-electron chi connectivity index (χ4n) is 1.53. The minimum Gasteiger partial charge on any atom is -0.344 e. The van der Waals surface area contributed by atoms with E-state index in [1.165, 1.54) is 11.1 Å². The molecule has 0 aliphatic heterocycles. The van der Waals surface area contributed by atoms with Gasteiger partial charge in [0.1, 0.15) is 11.2 Å². The van der Waals surface area contributed by atoms with E-state index in [2.05, 4.69) is 11.1 Å². The van der Waals surface area contributed by atoms with Crippen molar-refractivity contribution in [3.63, 3.8) is 0 Å². The highest BCUT2D eigenvalue weighted by atomic mass is 35.5. The van der Waals surface area contributed by atoms with Gasteiger partial charge in [0, 0.05) is 10.9 Å². The molecule has 0 atom stereocenters. The van der Waals surface area contributed by atoms with Gasteiger partial charge in [0.05, 0.1) is 5.56 Å². The van der Waals surface area contributed by atoms with Crippen LogP contribution in [0.1, 0.15) is 16.7 Å². The van der Waals surface area contributed by atoms with Crippen LogP contribution in [-0.2, 0) is 0 Å². The molecular formula is C11H9ClN2. The lowest BCUT2D eigenvalue weighted by Crippen LogP contribution is -1.80. The number of nitriles is 1. The van der Waals surface area contributed by atoms with Crippen molar-refractivity contribution in [1.29, 1.82) is 5.26 Å². The second kappa shape index (κ2) is 3.04. The first-order valence-electron chi connectivity index (χ1n) is 4.32. The predicted octanol–water partition coefficient (Wildman–Crippen LogP) is 3.31. The molecule has 3 heteroatoms. The molecule has 0 spiro atoms. The van der Waals surface area contributed by atoms with Crippen LogP contribution >= 0.6 is 11.6 Å². The van der Waals surface area contributed by atoms with Gasteiger partial charge in [-0.05, 0) is 37.1 Å². The first kappa shape index (κ1) is 9.11. The number of nitrogens with one attached hydrogen (secondary N) is 1. The number of benzene rings is 1. The van der Waals surface area contributed by atoms with E-state index in [9.17, 15) is 0 Å². The highest BCUT2D eigenvalue weighted by Crippen LogP contribution is 2.27. The molecule has 0 bridgehead atoms. The van der Waals surface area contributed by atoms with E-state index in [1.807, 2.05) is 26.0 Å². The largest absolute Gasteiger partial charge is 0.344 e. The zero-order chi connectivity index (χ0) is 10.3. The minimum absolute atomic E-state index is 0.424. The van der Waals surface area contributed by atoms with Gasteiger partial charge >= 0.3 is 0 Å². The van der Waals surface area contributed by atoms with Gasteiger partial charge in [0.15, 0.2) is 0 Å². The second-order valence-corrected chi connectivity index (χ2v) is 3.79. The molecule has 0 fully saturated rings. The highest BCUT2D eigenvalue weighted by Gasteiger charge is 2.09. The molecule has 2 rings (SSSR count). The second-order valence-electron chi connectivity index (χ2n) is 3.41. The summed E-state index contributed by atoms with van der Waals surface area (Å²) >= 11 is 5.89.